The fourth-order valence-corrected chi connectivity index (χ4v) is 3.22. The molecule has 3 atom stereocenters. The molecule has 1 aliphatic carbocycles. The third-order valence-corrected chi connectivity index (χ3v) is 4.45. The van der Waals surface area contributed by atoms with E-state index in [-0.39, 0.29) is 0 Å². The molecule has 0 saturated heterocycles. The Morgan fingerprint density at radius 3 is 3.13 bits per heavy atom. The standard InChI is InChI=1S/C12H20N2S/c1-9(12-6-3-7-15-12)14-11-5-2-4-10(11)8-13/h3,6-7,9-11,14H,2,4-5,8,13H2,1H3/t9-,10?,11?/m0/s1. The molecule has 1 aromatic heterocycles. The van der Waals surface area contributed by atoms with E-state index >= 15 is 0 Å². The average molecular weight is 224 g/mol. The minimum absolute atomic E-state index is 0.474. The second-order valence-corrected chi connectivity index (χ2v) is 5.42. The van der Waals surface area contributed by atoms with Crippen LogP contribution in [0.5, 0.6) is 0 Å². The zero-order valence-corrected chi connectivity index (χ0v) is 10.1. The van der Waals surface area contributed by atoms with Gasteiger partial charge in [-0.2, -0.15) is 0 Å². The van der Waals surface area contributed by atoms with Crippen LogP contribution in [0.2, 0.25) is 0 Å². The summed E-state index contributed by atoms with van der Waals surface area (Å²) in [6.45, 7) is 3.08. The third-order valence-electron chi connectivity index (χ3n) is 3.40. The highest BCUT2D eigenvalue weighted by Gasteiger charge is 2.27. The summed E-state index contributed by atoms with van der Waals surface area (Å²) < 4.78 is 0. The van der Waals surface area contributed by atoms with Gasteiger partial charge in [-0.1, -0.05) is 12.5 Å². The van der Waals surface area contributed by atoms with Crippen molar-refractivity contribution in [3.05, 3.63) is 22.4 Å². The molecule has 1 heterocycles. The number of thiophene rings is 1. The first-order valence-electron chi connectivity index (χ1n) is 5.80. The van der Waals surface area contributed by atoms with E-state index < -0.39 is 0 Å². The van der Waals surface area contributed by atoms with E-state index in [9.17, 15) is 0 Å². The van der Waals surface area contributed by atoms with Crippen LogP contribution >= 0.6 is 11.3 Å². The lowest BCUT2D eigenvalue weighted by atomic mass is 10.0. The van der Waals surface area contributed by atoms with Crippen LogP contribution in [-0.4, -0.2) is 12.6 Å². The van der Waals surface area contributed by atoms with Crippen LogP contribution in [0.4, 0.5) is 0 Å². The second-order valence-electron chi connectivity index (χ2n) is 4.44. The predicted molar refractivity (Wildman–Crippen MR) is 66.1 cm³/mol. The molecule has 0 amide bonds. The van der Waals surface area contributed by atoms with Gasteiger partial charge < -0.3 is 11.1 Å². The van der Waals surface area contributed by atoms with Gasteiger partial charge in [-0.3, -0.25) is 0 Å². The Bertz CT molecular complexity index is 284. The summed E-state index contributed by atoms with van der Waals surface area (Å²) in [5, 5.41) is 5.85. The summed E-state index contributed by atoms with van der Waals surface area (Å²) in [5.74, 6) is 0.687. The number of hydrogen-bond acceptors (Lipinski definition) is 3. The van der Waals surface area contributed by atoms with Crippen molar-refractivity contribution in [2.45, 2.75) is 38.3 Å². The van der Waals surface area contributed by atoms with E-state index in [1.165, 1.54) is 24.1 Å². The quantitative estimate of drug-likeness (QED) is 0.825. The fourth-order valence-electron chi connectivity index (χ4n) is 2.48. The molecular weight excluding hydrogens is 204 g/mol. The third kappa shape index (κ3) is 2.60. The smallest absolute Gasteiger partial charge is 0.0388 e. The van der Waals surface area contributed by atoms with Crippen molar-refractivity contribution in [3.63, 3.8) is 0 Å². The van der Waals surface area contributed by atoms with Gasteiger partial charge in [0.1, 0.15) is 0 Å². The molecule has 0 radical (unpaired) electrons. The molecule has 1 aromatic rings. The van der Waals surface area contributed by atoms with Crippen LogP contribution in [0.15, 0.2) is 17.5 Å². The summed E-state index contributed by atoms with van der Waals surface area (Å²) in [6.07, 6.45) is 3.92. The molecule has 1 saturated carbocycles. The summed E-state index contributed by atoms with van der Waals surface area (Å²) >= 11 is 1.83. The first kappa shape index (κ1) is 11.1. The first-order valence-corrected chi connectivity index (χ1v) is 6.68. The molecule has 2 unspecified atom stereocenters. The van der Waals surface area contributed by atoms with Crippen molar-refractivity contribution < 1.29 is 0 Å². The largest absolute Gasteiger partial charge is 0.330 e. The van der Waals surface area contributed by atoms with Gasteiger partial charge in [-0.15, -0.1) is 11.3 Å². The SMILES string of the molecule is C[C@H](NC1CCCC1CN)c1cccs1. The van der Waals surface area contributed by atoms with Gasteiger partial charge in [0.25, 0.3) is 0 Å². The van der Waals surface area contributed by atoms with Gasteiger partial charge in [0.15, 0.2) is 0 Å². The zero-order valence-electron chi connectivity index (χ0n) is 9.28. The van der Waals surface area contributed by atoms with Crippen LogP contribution in [-0.2, 0) is 0 Å². The van der Waals surface area contributed by atoms with E-state index in [1.807, 2.05) is 11.3 Å². The van der Waals surface area contributed by atoms with E-state index in [0.29, 0.717) is 18.0 Å². The molecule has 3 heteroatoms. The molecule has 0 spiro atoms. The van der Waals surface area contributed by atoms with Gasteiger partial charge in [-0.05, 0) is 43.7 Å². The summed E-state index contributed by atoms with van der Waals surface area (Å²) in [6, 6.07) is 5.43. The van der Waals surface area contributed by atoms with Crippen LogP contribution in [0.1, 0.15) is 37.1 Å². The fraction of sp³-hybridized carbons (Fsp3) is 0.667. The Labute approximate surface area is 95.9 Å². The molecule has 15 heavy (non-hydrogen) atoms. The molecule has 2 nitrogen and oxygen atoms in total. The molecule has 0 bridgehead atoms. The highest BCUT2D eigenvalue weighted by atomic mass is 32.1. The van der Waals surface area contributed by atoms with Gasteiger partial charge in [0.2, 0.25) is 0 Å². The highest BCUT2D eigenvalue weighted by Crippen LogP contribution is 2.28. The first-order chi connectivity index (χ1) is 7.31. The minimum Gasteiger partial charge on any atom is -0.330 e. The molecule has 84 valence electrons. The van der Waals surface area contributed by atoms with E-state index in [2.05, 4.69) is 29.8 Å². The number of nitrogens with one attached hydrogen (secondary N) is 1. The summed E-state index contributed by atoms with van der Waals surface area (Å²) in [7, 11) is 0. The maximum atomic E-state index is 5.78. The van der Waals surface area contributed by atoms with Crippen LogP contribution < -0.4 is 11.1 Å². The normalized spacial score (nSPS) is 28.1. The van der Waals surface area contributed by atoms with Crippen LogP contribution in [0, 0.1) is 5.92 Å². The Kier molecular flexibility index (Phi) is 3.78. The Hall–Kier alpha value is -0.380. The second kappa shape index (κ2) is 5.10. The Morgan fingerprint density at radius 2 is 2.47 bits per heavy atom. The molecule has 3 N–H and O–H groups in total. The lowest BCUT2D eigenvalue weighted by Gasteiger charge is -2.23. The van der Waals surface area contributed by atoms with E-state index in [4.69, 9.17) is 5.73 Å². The predicted octanol–water partition coefficient (Wildman–Crippen LogP) is 2.53. The van der Waals surface area contributed by atoms with E-state index in [0.717, 1.165) is 6.54 Å². The van der Waals surface area contributed by atoms with Gasteiger partial charge in [0, 0.05) is 17.0 Å². The molecule has 0 aromatic carbocycles. The Balaban J connectivity index is 1.91. The molecule has 2 rings (SSSR count). The number of nitrogens with two attached hydrogens (primary N) is 1. The number of hydrogen-bond donors (Lipinski definition) is 2. The molecule has 1 aliphatic rings. The van der Waals surface area contributed by atoms with Crippen LogP contribution in [0.3, 0.4) is 0 Å². The van der Waals surface area contributed by atoms with Crippen molar-refractivity contribution in [2.24, 2.45) is 11.7 Å². The lowest BCUT2D eigenvalue weighted by Crippen LogP contribution is -2.37. The summed E-state index contributed by atoms with van der Waals surface area (Å²) in [5.41, 5.74) is 5.78. The number of rotatable bonds is 4. The lowest BCUT2D eigenvalue weighted by molar-refractivity contribution is 0.376. The molecular formula is C12H20N2S. The van der Waals surface area contributed by atoms with Crippen molar-refractivity contribution >= 4 is 11.3 Å². The van der Waals surface area contributed by atoms with Crippen molar-refractivity contribution in [3.8, 4) is 0 Å². The monoisotopic (exact) mass is 224 g/mol. The topological polar surface area (TPSA) is 38.0 Å². The van der Waals surface area contributed by atoms with Gasteiger partial charge in [-0.25, -0.2) is 0 Å². The van der Waals surface area contributed by atoms with Crippen molar-refractivity contribution in [2.75, 3.05) is 6.54 Å². The van der Waals surface area contributed by atoms with E-state index in [1.54, 1.807) is 0 Å². The maximum absolute atomic E-state index is 5.78. The highest BCUT2D eigenvalue weighted by molar-refractivity contribution is 7.10. The van der Waals surface area contributed by atoms with Crippen molar-refractivity contribution in [1.82, 2.24) is 5.32 Å². The molecule has 0 aliphatic heterocycles. The van der Waals surface area contributed by atoms with Gasteiger partial charge in [0.05, 0.1) is 0 Å². The maximum Gasteiger partial charge on any atom is 0.0388 e. The van der Waals surface area contributed by atoms with Crippen molar-refractivity contribution in [1.29, 1.82) is 0 Å². The Morgan fingerprint density at radius 1 is 1.60 bits per heavy atom. The minimum atomic E-state index is 0.474. The zero-order chi connectivity index (χ0) is 10.7. The van der Waals surface area contributed by atoms with Gasteiger partial charge >= 0.3 is 0 Å². The summed E-state index contributed by atoms with van der Waals surface area (Å²) in [4.78, 5) is 1.43. The van der Waals surface area contributed by atoms with Crippen LogP contribution in [0.25, 0.3) is 0 Å². The molecule has 1 fully saturated rings. The average Bonchev–Trinajstić information content (AvgIpc) is 2.87.